The fraction of sp³-hybridized carbons (Fsp3) is 0.333. The number of carbonyl (C=O) groups is 2. The number of ether oxygens (including phenoxy) is 1. The number of nitrogens with zero attached hydrogens (tertiary/aromatic N) is 3. The Labute approximate surface area is 168 Å². The monoisotopic (exact) mass is 396 g/mol. The largest absolute Gasteiger partial charge is 0.481 e. The molecule has 1 aromatic carbocycles. The van der Waals surface area contributed by atoms with Gasteiger partial charge in [-0.3, -0.25) is 9.59 Å². The molecule has 0 aliphatic rings. The van der Waals surface area contributed by atoms with Crippen LogP contribution >= 0.6 is 0 Å². The van der Waals surface area contributed by atoms with Crippen molar-refractivity contribution < 1.29 is 19.4 Å². The predicted octanol–water partition coefficient (Wildman–Crippen LogP) is 2.73. The molecule has 3 rings (SSSR count). The molecule has 2 heterocycles. The van der Waals surface area contributed by atoms with Crippen molar-refractivity contribution in [1.29, 1.82) is 0 Å². The first kappa shape index (κ1) is 20.5. The number of amides is 1. The molecule has 0 fully saturated rings. The number of aromatic nitrogens is 3. The molecule has 8 nitrogen and oxygen atoms in total. The molecule has 8 heteroatoms. The maximum absolute atomic E-state index is 13.2. The highest BCUT2D eigenvalue weighted by atomic mass is 16.5. The summed E-state index contributed by atoms with van der Waals surface area (Å²) in [6.45, 7) is 4.27. The molecule has 0 bridgehead atoms. The third-order valence-electron chi connectivity index (χ3n) is 4.64. The minimum absolute atomic E-state index is 0.0685. The molecule has 2 N–H and O–H groups in total. The van der Waals surface area contributed by atoms with E-state index < -0.39 is 17.4 Å². The number of nitrogens with one attached hydrogen (secondary N) is 1. The smallest absolute Gasteiger partial charge is 0.305 e. The summed E-state index contributed by atoms with van der Waals surface area (Å²) in [5, 5.41) is 17.0. The van der Waals surface area contributed by atoms with Crippen LogP contribution in [0.15, 0.2) is 42.6 Å². The molecule has 29 heavy (non-hydrogen) atoms. The second kappa shape index (κ2) is 8.40. The average molecular weight is 396 g/mol. The molecule has 2 aromatic heterocycles. The van der Waals surface area contributed by atoms with Crippen LogP contribution in [0.1, 0.15) is 30.6 Å². The van der Waals surface area contributed by atoms with Crippen molar-refractivity contribution in [2.45, 2.75) is 32.4 Å². The highest BCUT2D eigenvalue weighted by molar-refractivity contribution is 6.06. The molecule has 0 aliphatic carbocycles. The number of methoxy groups -OCH3 is 1. The number of carboxylic acid groups (broad SMARTS) is 1. The summed E-state index contributed by atoms with van der Waals surface area (Å²) in [6, 6.07) is 11.3. The molecule has 0 saturated heterocycles. The van der Waals surface area contributed by atoms with Crippen molar-refractivity contribution in [3.05, 3.63) is 48.2 Å². The lowest BCUT2D eigenvalue weighted by molar-refractivity contribution is -0.139. The molecule has 152 valence electrons. The number of aliphatic carboxylic acids is 1. The first-order valence-corrected chi connectivity index (χ1v) is 9.32. The minimum Gasteiger partial charge on any atom is -0.481 e. The van der Waals surface area contributed by atoms with E-state index in [2.05, 4.69) is 10.4 Å². The van der Waals surface area contributed by atoms with Crippen molar-refractivity contribution in [2.75, 3.05) is 13.7 Å². The quantitative estimate of drug-likeness (QED) is 0.606. The van der Waals surface area contributed by atoms with Gasteiger partial charge in [-0.05, 0) is 19.9 Å². The van der Waals surface area contributed by atoms with E-state index in [0.29, 0.717) is 28.8 Å². The maximum Gasteiger partial charge on any atom is 0.305 e. The van der Waals surface area contributed by atoms with Gasteiger partial charge in [0.1, 0.15) is 0 Å². The second-order valence-corrected chi connectivity index (χ2v) is 7.14. The maximum atomic E-state index is 13.2. The molecular formula is C21H24N4O4. The summed E-state index contributed by atoms with van der Waals surface area (Å²) in [4.78, 5) is 29.2. The van der Waals surface area contributed by atoms with Crippen LogP contribution in [0.3, 0.4) is 0 Å². The summed E-state index contributed by atoms with van der Waals surface area (Å²) in [5.41, 5.74) is 1.45. The minimum atomic E-state index is -1.05. The van der Waals surface area contributed by atoms with Crippen LogP contribution in [0.25, 0.3) is 22.3 Å². The van der Waals surface area contributed by atoms with Crippen molar-refractivity contribution in [3.63, 3.8) is 0 Å². The van der Waals surface area contributed by atoms with Gasteiger partial charge in [0.15, 0.2) is 5.65 Å². The normalized spacial score (nSPS) is 13.2. The summed E-state index contributed by atoms with van der Waals surface area (Å²) in [5.74, 6) is -1.42. The second-order valence-electron chi connectivity index (χ2n) is 7.14. The van der Waals surface area contributed by atoms with Gasteiger partial charge in [0.25, 0.3) is 5.91 Å². The van der Waals surface area contributed by atoms with E-state index in [1.165, 1.54) is 7.11 Å². The molecule has 3 aromatic rings. The average Bonchev–Trinajstić information content (AvgIpc) is 3.10. The molecule has 1 amide bonds. The Kier molecular flexibility index (Phi) is 5.93. The number of fused-ring (bicyclic) bond motifs is 1. The van der Waals surface area contributed by atoms with Crippen LogP contribution in [0.4, 0.5) is 0 Å². The van der Waals surface area contributed by atoms with Gasteiger partial charge in [0, 0.05) is 19.2 Å². The lowest BCUT2D eigenvalue weighted by Crippen LogP contribution is -2.50. The van der Waals surface area contributed by atoms with Crippen molar-refractivity contribution in [1.82, 2.24) is 20.1 Å². The SMILES string of the molecule is CCn1ncc2c(C(=O)NC(C)(COC)CC(=O)O)cc(-c3ccccc3)nc21. The van der Waals surface area contributed by atoms with Gasteiger partial charge in [-0.2, -0.15) is 5.10 Å². The van der Waals surface area contributed by atoms with Crippen LogP contribution in [0.5, 0.6) is 0 Å². The van der Waals surface area contributed by atoms with Gasteiger partial charge in [-0.15, -0.1) is 0 Å². The van der Waals surface area contributed by atoms with Crippen LogP contribution in [0, 0.1) is 0 Å². The highest BCUT2D eigenvalue weighted by Crippen LogP contribution is 2.25. The van der Waals surface area contributed by atoms with Crippen molar-refractivity contribution >= 4 is 22.9 Å². The van der Waals surface area contributed by atoms with Crippen molar-refractivity contribution in [3.8, 4) is 11.3 Å². The molecular weight excluding hydrogens is 372 g/mol. The zero-order chi connectivity index (χ0) is 21.0. The standard InChI is InChI=1S/C21H24N4O4/c1-4-25-19-16(12-22-25)15(10-17(23-19)14-8-6-5-7-9-14)20(28)24-21(2,13-29-3)11-18(26)27/h5-10,12H,4,11,13H2,1-3H3,(H,24,28)(H,26,27). The first-order chi connectivity index (χ1) is 13.9. The van der Waals surface area contributed by atoms with Crippen LogP contribution in [-0.4, -0.2) is 51.0 Å². The predicted molar refractivity (Wildman–Crippen MR) is 109 cm³/mol. The van der Waals surface area contributed by atoms with E-state index in [4.69, 9.17) is 9.72 Å². The number of pyridine rings is 1. The Balaban J connectivity index is 2.08. The van der Waals surface area contributed by atoms with E-state index in [-0.39, 0.29) is 13.0 Å². The molecule has 1 atom stereocenters. The Bertz CT molecular complexity index is 1030. The van der Waals surface area contributed by atoms with E-state index in [1.54, 1.807) is 23.9 Å². The zero-order valence-electron chi connectivity index (χ0n) is 16.7. The summed E-state index contributed by atoms with van der Waals surface area (Å²) in [7, 11) is 1.47. The third kappa shape index (κ3) is 4.43. The lowest BCUT2D eigenvalue weighted by atomic mass is 9.97. The summed E-state index contributed by atoms with van der Waals surface area (Å²) >= 11 is 0. The number of carbonyl (C=O) groups excluding carboxylic acids is 1. The fourth-order valence-electron chi connectivity index (χ4n) is 3.35. The summed E-state index contributed by atoms with van der Waals surface area (Å²) < 4.78 is 6.87. The van der Waals surface area contributed by atoms with Gasteiger partial charge < -0.3 is 15.2 Å². The Morgan fingerprint density at radius 3 is 2.62 bits per heavy atom. The van der Waals surface area contributed by atoms with Gasteiger partial charge in [-0.1, -0.05) is 30.3 Å². The highest BCUT2D eigenvalue weighted by Gasteiger charge is 2.31. The number of hydrogen-bond donors (Lipinski definition) is 2. The van der Waals surface area contributed by atoms with Gasteiger partial charge in [-0.25, -0.2) is 9.67 Å². The number of aryl methyl sites for hydroxylation is 1. The molecule has 0 aliphatic heterocycles. The summed E-state index contributed by atoms with van der Waals surface area (Å²) in [6.07, 6.45) is 1.35. The van der Waals surface area contributed by atoms with E-state index in [9.17, 15) is 14.7 Å². The van der Waals surface area contributed by atoms with Crippen molar-refractivity contribution in [2.24, 2.45) is 0 Å². The number of benzene rings is 1. The molecule has 0 saturated carbocycles. The fourth-order valence-corrected chi connectivity index (χ4v) is 3.35. The number of carboxylic acids is 1. The van der Waals surface area contributed by atoms with Crippen LogP contribution < -0.4 is 5.32 Å². The molecule has 0 radical (unpaired) electrons. The van der Waals surface area contributed by atoms with E-state index >= 15 is 0 Å². The van der Waals surface area contributed by atoms with E-state index in [0.717, 1.165) is 5.56 Å². The Morgan fingerprint density at radius 1 is 1.28 bits per heavy atom. The van der Waals surface area contributed by atoms with Gasteiger partial charge in [0.2, 0.25) is 0 Å². The third-order valence-corrected chi connectivity index (χ3v) is 4.64. The first-order valence-electron chi connectivity index (χ1n) is 9.32. The molecule has 1 unspecified atom stereocenters. The number of hydrogen-bond acceptors (Lipinski definition) is 5. The van der Waals surface area contributed by atoms with E-state index in [1.807, 2.05) is 37.3 Å². The van der Waals surface area contributed by atoms with Gasteiger partial charge >= 0.3 is 5.97 Å². The van der Waals surface area contributed by atoms with Crippen LogP contribution in [-0.2, 0) is 16.1 Å². The Morgan fingerprint density at radius 2 is 2.00 bits per heavy atom. The zero-order valence-corrected chi connectivity index (χ0v) is 16.7. The molecule has 0 spiro atoms. The van der Waals surface area contributed by atoms with Crippen LogP contribution in [0.2, 0.25) is 0 Å². The topological polar surface area (TPSA) is 106 Å². The van der Waals surface area contributed by atoms with Gasteiger partial charge in [0.05, 0.1) is 41.4 Å². The number of rotatable bonds is 8. The Hall–Kier alpha value is -3.26. The lowest BCUT2D eigenvalue weighted by Gasteiger charge is -2.28.